The predicted molar refractivity (Wildman–Crippen MR) is 53.5 cm³/mol. The number of rotatable bonds is 3. The maximum absolute atomic E-state index is 5.50. The SMILES string of the molecule is CC/C(=C(/C)C(N)=S)N(C)C. The van der Waals surface area contributed by atoms with Gasteiger partial charge in [-0.3, -0.25) is 0 Å². The van der Waals surface area contributed by atoms with Gasteiger partial charge in [0.25, 0.3) is 0 Å². The average Bonchev–Trinajstić information content (AvgIpc) is 1.88. The molecule has 0 saturated heterocycles. The summed E-state index contributed by atoms with van der Waals surface area (Å²) >= 11 is 4.87. The molecule has 0 aromatic rings. The quantitative estimate of drug-likeness (QED) is 0.517. The molecule has 0 aliphatic heterocycles. The highest BCUT2D eigenvalue weighted by Gasteiger charge is 2.03. The lowest BCUT2D eigenvalue weighted by molar-refractivity contribution is 0.490. The first-order valence-corrected chi connectivity index (χ1v) is 4.08. The van der Waals surface area contributed by atoms with Gasteiger partial charge in [0, 0.05) is 25.4 Å². The minimum atomic E-state index is 0.496. The fraction of sp³-hybridized carbons (Fsp3) is 0.625. The Morgan fingerprint density at radius 2 is 1.91 bits per heavy atom. The van der Waals surface area contributed by atoms with Gasteiger partial charge in [-0.15, -0.1) is 0 Å². The highest BCUT2D eigenvalue weighted by atomic mass is 32.1. The Labute approximate surface area is 74.1 Å². The Hall–Kier alpha value is -0.570. The summed E-state index contributed by atoms with van der Waals surface area (Å²) in [7, 11) is 4.00. The van der Waals surface area contributed by atoms with Crippen molar-refractivity contribution in [3.8, 4) is 0 Å². The van der Waals surface area contributed by atoms with E-state index in [0.717, 1.165) is 12.0 Å². The minimum Gasteiger partial charge on any atom is -0.390 e. The summed E-state index contributed by atoms with van der Waals surface area (Å²) in [5.74, 6) is 0. The second-order valence-corrected chi connectivity index (χ2v) is 3.12. The minimum absolute atomic E-state index is 0.496. The van der Waals surface area contributed by atoms with E-state index in [1.165, 1.54) is 5.70 Å². The van der Waals surface area contributed by atoms with Crippen molar-refractivity contribution in [2.24, 2.45) is 5.73 Å². The highest BCUT2D eigenvalue weighted by molar-refractivity contribution is 7.80. The van der Waals surface area contributed by atoms with E-state index in [0.29, 0.717) is 4.99 Å². The first kappa shape index (κ1) is 10.4. The summed E-state index contributed by atoms with van der Waals surface area (Å²) in [6, 6.07) is 0. The average molecular weight is 172 g/mol. The first-order chi connectivity index (χ1) is 5.00. The van der Waals surface area contributed by atoms with E-state index < -0.39 is 0 Å². The lowest BCUT2D eigenvalue weighted by atomic mass is 10.2. The molecule has 2 N–H and O–H groups in total. The van der Waals surface area contributed by atoms with Crippen LogP contribution in [0.3, 0.4) is 0 Å². The lowest BCUT2D eigenvalue weighted by Crippen LogP contribution is -2.19. The fourth-order valence-corrected chi connectivity index (χ4v) is 1.18. The summed E-state index contributed by atoms with van der Waals surface area (Å²) in [4.78, 5) is 2.55. The van der Waals surface area contributed by atoms with Crippen LogP contribution in [-0.2, 0) is 0 Å². The Morgan fingerprint density at radius 3 is 2.00 bits per heavy atom. The summed E-state index contributed by atoms with van der Waals surface area (Å²) < 4.78 is 0. The molecule has 0 amide bonds. The van der Waals surface area contributed by atoms with Crippen molar-refractivity contribution in [1.29, 1.82) is 0 Å². The van der Waals surface area contributed by atoms with E-state index >= 15 is 0 Å². The summed E-state index contributed by atoms with van der Waals surface area (Å²) in [6.45, 7) is 4.05. The molecule has 0 aromatic carbocycles. The van der Waals surface area contributed by atoms with Crippen molar-refractivity contribution in [2.75, 3.05) is 14.1 Å². The first-order valence-electron chi connectivity index (χ1n) is 3.67. The van der Waals surface area contributed by atoms with Crippen LogP contribution in [0.2, 0.25) is 0 Å². The molecular formula is C8H16N2S. The predicted octanol–water partition coefficient (Wildman–Crippen LogP) is 1.52. The van der Waals surface area contributed by atoms with Gasteiger partial charge in [-0.25, -0.2) is 0 Å². The van der Waals surface area contributed by atoms with Crippen LogP contribution in [0.1, 0.15) is 20.3 Å². The molecule has 64 valence electrons. The lowest BCUT2D eigenvalue weighted by Gasteiger charge is -2.18. The molecule has 0 heterocycles. The molecule has 0 aliphatic rings. The third kappa shape index (κ3) is 2.89. The van der Waals surface area contributed by atoms with E-state index in [1.807, 2.05) is 21.0 Å². The topological polar surface area (TPSA) is 29.3 Å². The van der Waals surface area contributed by atoms with Crippen molar-refractivity contribution in [1.82, 2.24) is 4.90 Å². The normalized spacial score (nSPS) is 12.4. The number of nitrogens with two attached hydrogens (primary N) is 1. The van der Waals surface area contributed by atoms with Gasteiger partial charge in [0.15, 0.2) is 0 Å². The zero-order chi connectivity index (χ0) is 9.02. The van der Waals surface area contributed by atoms with E-state index in [2.05, 4.69) is 11.8 Å². The molecule has 0 saturated carbocycles. The van der Waals surface area contributed by atoms with Crippen LogP contribution in [0.25, 0.3) is 0 Å². The van der Waals surface area contributed by atoms with Crippen LogP contribution >= 0.6 is 12.2 Å². The van der Waals surface area contributed by atoms with E-state index in [4.69, 9.17) is 18.0 Å². The van der Waals surface area contributed by atoms with Crippen molar-refractivity contribution in [3.63, 3.8) is 0 Å². The number of allylic oxidation sites excluding steroid dienone is 1. The van der Waals surface area contributed by atoms with Gasteiger partial charge in [-0.05, 0) is 13.3 Å². The zero-order valence-electron chi connectivity index (χ0n) is 7.64. The van der Waals surface area contributed by atoms with Gasteiger partial charge in [0.2, 0.25) is 0 Å². The van der Waals surface area contributed by atoms with Crippen LogP contribution in [-0.4, -0.2) is 24.0 Å². The Kier molecular flexibility index (Phi) is 4.11. The fourth-order valence-electron chi connectivity index (χ4n) is 1.06. The van der Waals surface area contributed by atoms with Gasteiger partial charge in [-0.1, -0.05) is 19.1 Å². The number of thiocarbonyl (C=S) groups is 1. The molecule has 0 aliphatic carbocycles. The van der Waals surface area contributed by atoms with Crippen molar-refractivity contribution in [3.05, 3.63) is 11.3 Å². The molecule has 0 rings (SSSR count). The molecule has 0 unspecified atom stereocenters. The molecule has 11 heavy (non-hydrogen) atoms. The molecule has 0 bridgehead atoms. The summed E-state index contributed by atoms with van der Waals surface area (Å²) in [6.07, 6.45) is 0.968. The number of hydrogen-bond donors (Lipinski definition) is 1. The van der Waals surface area contributed by atoms with Crippen molar-refractivity contribution in [2.45, 2.75) is 20.3 Å². The van der Waals surface area contributed by atoms with Gasteiger partial charge in [0.05, 0.1) is 0 Å². The summed E-state index contributed by atoms with van der Waals surface area (Å²) in [5.41, 5.74) is 7.72. The molecule has 0 aromatic heterocycles. The molecule has 2 nitrogen and oxygen atoms in total. The third-order valence-electron chi connectivity index (χ3n) is 1.68. The van der Waals surface area contributed by atoms with Crippen LogP contribution < -0.4 is 5.73 Å². The smallest absolute Gasteiger partial charge is 0.101 e. The largest absolute Gasteiger partial charge is 0.390 e. The molecule has 0 radical (unpaired) electrons. The number of nitrogens with zero attached hydrogens (tertiary/aromatic N) is 1. The number of hydrogen-bond acceptors (Lipinski definition) is 2. The van der Waals surface area contributed by atoms with Crippen LogP contribution in [0.5, 0.6) is 0 Å². The van der Waals surface area contributed by atoms with Gasteiger partial charge in [-0.2, -0.15) is 0 Å². The molecule has 0 fully saturated rings. The Bertz CT molecular complexity index is 183. The highest BCUT2D eigenvalue weighted by Crippen LogP contribution is 2.10. The molecule has 0 atom stereocenters. The molecule has 0 spiro atoms. The van der Waals surface area contributed by atoms with Crippen molar-refractivity contribution >= 4 is 17.2 Å². The maximum atomic E-state index is 5.50. The van der Waals surface area contributed by atoms with E-state index in [1.54, 1.807) is 0 Å². The molecular weight excluding hydrogens is 156 g/mol. The Morgan fingerprint density at radius 1 is 1.45 bits per heavy atom. The van der Waals surface area contributed by atoms with E-state index in [9.17, 15) is 0 Å². The van der Waals surface area contributed by atoms with Crippen molar-refractivity contribution < 1.29 is 0 Å². The third-order valence-corrected chi connectivity index (χ3v) is 1.98. The molecule has 3 heteroatoms. The second-order valence-electron chi connectivity index (χ2n) is 2.68. The van der Waals surface area contributed by atoms with Crippen LogP contribution in [0.4, 0.5) is 0 Å². The van der Waals surface area contributed by atoms with Crippen LogP contribution in [0.15, 0.2) is 11.3 Å². The van der Waals surface area contributed by atoms with E-state index in [-0.39, 0.29) is 0 Å². The van der Waals surface area contributed by atoms with Gasteiger partial charge in [0.1, 0.15) is 4.99 Å². The maximum Gasteiger partial charge on any atom is 0.101 e. The monoisotopic (exact) mass is 172 g/mol. The van der Waals surface area contributed by atoms with Crippen LogP contribution in [0, 0.1) is 0 Å². The second kappa shape index (κ2) is 4.34. The zero-order valence-corrected chi connectivity index (χ0v) is 8.46. The van der Waals surface area contributed by atoms with Gasteiger partial charge >= 0.3 is 0 Å². The Balaban J connectivity index is 4.68. The standard InChI is InChI=1S/C8H16N2S/c1-5-7(10(3)4)6(2)8(9)11/h5H2,1-4H3,(H2,9,11)/b7-6+. The van der Waals surface area contributed by atoms with Gasteiger partial charge < -0.3 is 10.6 Å². The summed E-state index contributed by atoms with van der Waals surface area (Å²) in [5, 5.41) is 0.